The summed E-state index contributed by atoms with van der Waals surface area (Å²) in [7, 11) is 0. The molecule has 6 heteroatoms. The average Bonchev–Trinajstić information content (AvgIpc) is 3.12. The van der Waals surface area contributed by atoms with Crippen LogP contribution in [-0.2, 0) is 11.3 Å². The molecule has 0 bridgehead atoms. The van der Waals surface area contributed by atoms with E-state index in [1.54, 1.807) is 12.3 Å². The maximum atomic E-state index is 11.9. The molecule has 25 heavy (non-hydrogen) atoms. The van der Waals surface area contributed by atoms with Gasteiger partial charge in [0, 0.05) is 5.56 Å². The topological polar surface area (TPSA) is 68.0 Å². The summed E-state index contributed by atoms with van der Waals surface area (Å²) in [6.45, 7) is 4.53. The number of carbonyl (C=O) groups excluding carboxylic acids is 1. The van der Waals surface area contributed by atoms with Gasteiger partial charge in [0.2, 0.25) is 5.91 Å². The van der Waals surface area contributed by atoms with Crippen molar-refractivity contribution in [3.8, 4) is 11.3 Å². The van der Waals surface area contributed by atoms with E-state index in [9.17, 15) is 4.79 Å². The van der Waals surface area contributed by atoms with Gasteiger partial charge in [-0.05, 0) is 43.7 Å². The molecule has 0 atom stereocenters. The number of furan rings is 1. The summed E-state index contributed by atoms with van der Waals surface area (Å²) >= 11 is 1.36. The lowest BCUT2D eigenvalue weighted by molar-refractivity contribution is -0.118. The number of hydrogen-bond donors (Lipinski definition) is 1. The minimum atomic E-state index is -0.0679. The Morgan fingerprint density at radius 1 is 1.16 bits per heavy atom. The molecule has 0 aliphatic rings. The second kappa shape index (κ2) is 7.98. The van der Waals surface area contributed by atoms with E-state index in [0.717, 1.165) is 22.0 Å². The number of benzene rings is 1. The molecule has 1 N–H and O–H groups in total. The van der Waals surface area contributed by atoms with Gasteiger partial charge in [-0.2, -0.15) is 0 Å². The van der Waals surface area contributed by atoms with Crippen LogP contribution in [0.3, 0.4) is 0 Å². The predicted molar refractivity (Wildman–Crippen MR) is 98.2 cm³/mol. The summed E-state index contributed by atoms with van der Waals surface area (Å²) in [6.07, 6.45) is 1.59. The van der Waals surface area contributed by atoms with Gasteiger partial charge in [0.1, 0.15) is 10.8 Å². The van der Waals surface area contributed by atoms with E-state index in [1.807, 2.05) is 18.2 Å². The van der Waals surface area contributed by atoms with Crippen molar-refractivity contribution in [2.75, 3.05) is 5.75 Å². The van der Waals surface area contributed by atoms with E-state index in [1.165, 1.54) is 22.9 Å². The van der Waals surface area contributed by atoms with Gasteiger partial charge in [-0.1, -0.05) is 35.5 Å². The van der Waals surface area contributed by atoms with Crippen molar-refractivity contribution in [1.82, 2.24) is 15.5 Å². The number of thioether (sulfide) groups is 1. The van der Waals surface area contributed by atoms with Gasteiger partial charge >= 0.3 is 0 Å². The fourth-order valence-corrected chi connectivity index (χ4v) is 3.07. The Morgan fingerprint density at radius 3 is 2.72 bits per heavy atom. The van der Waals surface area contributed by atoms with Crippen LogP contribution in [0, 0.1) is 13.8 Å². The molecule has 0 saturated carbocycles. The van der Waals surface area contributed by atoms with Crippen molar-refractivity contribution in [3.63, 3.8) is 0 Å². The molecular weight excluding hydrogens is 334 g/mol. The first-order valence-electron chi connectivity index (χ1n) is 7.95. The summed E-state index contributed by atoms with van der Waals surface area (Å²) in [5, 5.41) is 12.0. The van der Waals surface area contributed by atoms with E-state index in [4.69, 9.17) is 4.42 Å². The number of amides is 1. The molecule has 2 aromatic heterocycles. The third kappa shape index (κ3) is 4.70. The van der Waals surface area contributed by atoms with Crippen molar-refractivity contribution in [2.24, 2.45) is 0 Å². The lowest BCUT2D eigenvalue weighted by Crippen LogP contribution is -2.24. The molecule has 2 heterocycles. The van der Waals surface area contributed by atoms with Crippen LogP contribution in [-0.4, -0.2) is 21.9 Å². The van der Waals surface area contributed by atoms with Crippen molar-refractivity contribution in [2.45, 2.75) is 25.4 Å². The molecule has 0 radical (unpaired) electrons. The summed E-state index contributed by atoms with van der Waals surface area (Å²) < 4.78 is 5.17. The largest absolute Gasteiger partial charge is 0.467 e. The molecule has 0 spiro atoms. The summed E-state index contributed by atoms with van der Waals surface area (Å²) in [5.41, 5.74) is 4.31. The van der Waals surface area contributed by atoms with E-state index in [2.05, 4.69) is 47.6 Å². The molecule has 128 valence electrons. The number of aromatic nitrogens is 2. The minimum Gasteiger partial charge on any atom is -0.467 e. The second-order valence-corrected chi connectivity index (χ2v) is 6.72. The van der Waals surface area contributed by atoms with Crippen LogP contribution >= 0.6 is 11.8 Å². The monoisotopic (exact) mass is 353 g/mol. The molecule has 5 nitrogen and oxygen atoms in total. The quantitative estimate of drug-likeness (QED) is 0.683. The zero-order chi connectivity index (χ0) is 17.6. The van der Waals surface area contributed by atoms with Crippen molar-refractivity contribution in [3.05, 3.63) is 65.6 Å². The van der Waals surface area contributed by atoms with Gasteiger partial charge in [-0.15, -0.1) is 10.2 Å². The molecule has 3 rings (SSSR count). The SMILES string of the molecule is Cc1ccc(-c2ccc(SCC(=O)NCc3ccco3)nn2)c(C)c1. The highest BCUT2D eigenvalue weighted by atomic mass is 32.2. The minimum absolute atomic E-state index is 0.0679. The molecule has 3 aromatic rings. The number of aryl methyl sites for hydroxylation is 2. The van der Waals surface area contributed by atoms with Crippen LogP contribution in [0.15, 0.2) is 58.2 Å². The van der Waals surface area contributed by atoms with Crippen molar-refractivity contribution < 1.29 is 9.21 Å². The van der Waals surface area contributed by atoms with E-state index in [0.29, 0.717) is 6.54 Å². The fourth-order valence-electron chi connectivity index (χ4n) is 2.43. The molecule has 0 aliphatic heterocycles. The standard InChI is InChI=1S/C19H19N3O2S/c1-13-5-6-16(14(2)10-13)17-7-8-19(22-21-17)25-12-18(23)20-11-15-4-3-9-24-15/h3-10H,11-12H2,1-2H3,(H,20,23). The highest BCUT2D eigenvalue weighted by molar-refractivity contribution is 7.99. The molecule has 1 aromatic carbocycles. The Hall–Kier alpha value is -2.60. The number of carbonyl (C=O) groups is 1. The van der Waals surface area contributed by atoms with E-state index in [-0.39, 0.29) is 11.7 Å². The Morgan fingerprint density at radius 2 is 2.04 bits per heavy atom. The van der Waals surface area contributed by atoms with Gasteiger partial charge in [-0.25, -0.2) is 0 Å². The van der Waals surface area contributed by atoms with Crippen LogP contribution in [0.25, 0.3) is 11.3 Å². The van der Waals surface area contributed by atoms with Gasteiger partial charge in [0.05, 0.1) is 24.3 Å². The number of nitrogens with zero attached hydrogens (tertiary/aromatic N) is 2. The smallest absolute Gasteiger partial charge is 0.230 e. The molecule has 1 amide bonds. The normalized spacial score (nSPS) is 10.6. The molecule has 0 unspecified atom stereocenters. The second-order valence-electron chi connectivity index (χ2n) is 5.72. The van der Waals surface area contributed by atoms with Gasteiger partial charge in [-0.3, -0.25) is 4.79 Å². The van der Waals surface area contributed by atoms with Crippen molar-refractivity contribution >= 4 is 17.7 Å². The summed E-state index contributed by atoms with van der Waals surface area (Å²) in [4.78, 5) is 11.9. The first-order chi connectivity index (χ1) is 12.1. The van der Waals surface area contributed by atoms with Crippen LogP contribution in [0.5, 0.6) is 0 Å². The first kappa shape index (κ1) is 17.2. The Bertz CT molecular complexity index is 846. The number of nitrogens with one attached hydrogen (secondary N) is 1. The third-order valence-electron chi connectivity index (χ3n) is 3.69. The van der Waals surface area contributed by atoms with Crippen molar-refractivity contribution in [1.29, 1.82) is 0 Å². The molecule has 0 saturated heterocycles. The average molecular weight is 353 g/mol. The number of rotatable bonds is 6. The van der Waals surface area contributed by atoms with Gasteiger partial charge in [0.15, 0.2) is 0 Å². The Kier molecular flexibility index (Phi) is 5.50. The Labute approximate surface area is 150 Å². The lowest BCUT2D eigenvalue weighted by Gasteiger charge is -2.06. The predicted octanol–water partition coefficient (Wildman–Crippen LogP) is 3.76. The first-order valence-corrected chi connectivity index (χ1v) is 8.93. The number of hydrogen-bond acceptors (Lipinski definition) is 5. The fraction of sp³-hybridized carbons (Fsp3) is 0.211. The van der Waals surface area contributed by atoms with E-state index >= 15 is 0 Å². The molecule has 0 aliphatic carbocycles. The van der Waals surface area contributed by atoms with Gasteiger partial charge in [0.25, 0.3) is 0 Å². The van der Waals surface area contributed by atoms with Crippen LogP contribution in [0.1, 0.15) is 16.9 Å². The van der Waals surface area contributed by atoms with Crippen LogP contribution < -0.4 is 5.32 Å². The highest BCUT2D eigenvalue weighted by Gasteiger charge is 2.07. The Balaban J connectivity index is 1.54. The lowest BCUT2D eigenvalue weighted by atomic mass is 10.0. The van der Waals surface area contributed by atoms with Gasteiger partial charge < -0.3 is 9.73 Å². The van der Waals surface area contributed by atoms with Crippen LogP contribution in [0.2, 0.25) is 0 Å². The highest BCUT2D eigenvalue weighted by Crippen LogP contribution is 2.23. The summed E-state index contributed by atoms with van der Waals surface area (Å²) in [6, 6.07) is 13.7. The maximum Gasteiger partial charge on any atom is 0.230 e. The molecule has 0 fully saturated rings. The third-order valence-corrected chi connectivity index (χ3v) is 4.61. The van der Waals surface area contributed by atoms with Crippen LogP contribution in [0.4, 0.5) is 0 Å². The van der Waals surface area contributed by atoms with E-state index < -0.39 is 0 Å². The zero-order valence-electron chi connectivity index (χ0n) is 14.2. The molecular formula is C19H19N3O2S. The maximum absolute atomic E-state index is 11.9. The zero-order valence-corrected chi connectivity index (χ0v) is 15.0. The summed E-state index contributed by atoms with van der Waals surface area (Å²) in [5.74, 6) is 0.954.